The van der Waals surface area contributed by atoms with Gasteiger partial charge in [-0.15, -0.1) is 11.3 Å². The number of rotatable bonds is 8. The van der Waals surface area contributed by atoms with Crippen molar-refractivity contribution < 1.29 is 14.3 Å². The van der Waals surface area contributed by atoms with E-state index in [4.69, 9.17) is 4.74 Å². The summed E-state index contributed by atoms with van der Waals surface area (Å²) < 4.78 is 7.51. The number of ether oxygens (including phenoxy) is 1. The molecule has 0 aliphatic carbocycles. The van der Waals surface area contributed by atoms with Crippen LogP contribution in [-0.4, -0.2) is 33.0 Å². The number of nitrogens with one attached hydrogen (secondary N) is 1. The maximum Gasteiger partial charge on any atom is 0.350 e. The molecule has 3 heterocycles. The molecule has 0 saturated heterocycles. The van der Waals surface area contributed by atoms with Crippen LogP contribution in [-0.2, 0) is 22.5 Å². The van der Waals surface area contributed by atoms with E-state index in [9.17, 15) is 14.4 Å². The van der Waals surface area contributed by atoms with Crippen LogP contribution in [0.15, 0.2) is 39.9 Å². The molecule has 0 bridgehead atoms. The minimum Gasteiger partial charge on any atom is -0.461 e. The summed E-state index contributed by atoms with van der Waals surface area (Å²) in [5.41, 5.74) is 1.99. The Morgan fingerprint density at radius 3 is 2.58 bits per heavy atom. The summed E-state index contributed by atoms with van der Waals surface area (Å²) in [4.78, 5) is 49.3. The summed E-state index contributed by atoms with van der Waals surface area (Å²) in [6.45, 7) is 7.71. The SMILES string of the molecule is CCc1sc2ncn(CC(=O)Nc3nc(C)c(C(=O)OCC(C)C)s3)c(=O)c2c1-c1ccc(Br)cc1. The Hall–Kier alpha value is -2.89. The topological polar surface area (TPSA) is 103 Å². The van der Waals surface area contributed by atoms with Gasteiger partial charge in [0.15, 0.2) is 5.13 Å². The lowest BCUT2D eigenvalue weighted by atomic mass is 10.0. The summed E-state index contributed by atoms with van der Waals surface area (Å²) in [5.74, 6) is -0.688. The van der Waals surface area contributed by atoms with E-state index in [1.165, 1.54) is 22.2 Å². The second kappa shape index (κ2) is 11.0. The maximum atomic E-state index is 13.4. The summed E-state index contributed by atoms with van der Waals surface area (Å²) >= 11 is 5.99. The first-order valence-electron chi connectivity index (χ1n) is 11.4. The number of anilines is 1. The van der Waals surface area contributed by atoms with E-state index >= 15 is 0 Å². The third kappa shape index (κ3) is 5.58. The molecule has 4 rings (SSSR count). The van der Waals surface area contributed by atoms with Gasteiger partial charge in [0.25, 0.3) is 5.56 Å². The molecule has 11 heteroatoms. The van der Waals surface area contributed by atoms with Crippen LogP contribution < -0.4 is 10.9 Å². The van der Waals surface area contributed by atoms with Crippen LogP contribution in [0, 0.1) is 12.8 Å². The fourth-order valence-corrected chi connectivity index (χ4v) is 5.85. The minimum absolute atomic E-state index is 0.214. The van der Waals surface area contributed by atoms with Crippen LogP contribution in [0.4, 0.5) is 5.13 Å². The van der Waals surface area contributed by atoms with Crippen LogP contribution in [0.3, 0.4) is 0 Å². The molecule has 1 N–H and O–H groups in total. The molecule has 0 radical (unpaired) electrons. The van der Waals surface area contributed by atoms with Gasteiger partial charge in [-0.05, 0) is 37.0 Å². The molecule has 1 amide bonds. The van der Waals surface area contributed by atoms with Gasteiger partial charge in [-0.1, -0.05) is 60.2 Å². The Bertz CT molecular complexity index is 1490. The molecular formula is C25H25BrN4O4S2. The molecule has 0 unspecified atom stereocenters. The Labute approximate surface area is 224 Å². The molecule has 0 aliphatic rings. The summed E-state index contributed by atoms with van der Waals surface area (Å²) in [7, 11) is 0. The molecule has 8 nitrogen and oxygen atoms in total. The summed E-state index contributed by atoms with van der Waals surface area (Å²) in [6, 6.07) is 7.79. The number of fused-ring (bicyclic) bond motifs is 1. The van der Waals surface area contributed by atoms with Gasteiger partial charge in [0.05, 0.1) is 24.0 Å². The quantitative estimate of drug-likeness (QED) is 0.266. The van der Waals surface area contributed by atoms with Gasteiger partial charge in [-0.25, -0.2) is 14.8 Å². The van der Waals surface area contributed by atoms with Crippen molar-refractivity contribution in [1.29, 1.82) is 0 Å². The molecule has 3 aromatic heterocycles. The number of thiazole rings is 1. The number of carbonyl (C=O) groups is 2. The van der Waals surface area contributed by atoms with Gasteiger partial charge in [0.1, 0.15) is 16.3 Å². The van der Waals surface area contributed by atoms with Crippen molar-refractivity contribution in [2.24, 2.45) is 5.92 Å². The molecule has 1 aromatic carbocycles. The van der Waals surface area contributed by atoms with Crippen molar-refractivity contribution in [3.63, 3.8) is 0 Å². The number of benzene rings is 1. The predicted octanol–water partition coefficient (Wildman–Crippen LogP) is 5.67. The van der Waals surface area contributed by atoms with Crippen LogP contribution in [0.2, 0.25) is 0 Å². The number of hydrogen-bond donors (Lipinski definition) is 1. The fourth-order valence-electron chi connectivity index (χ4n) is 3.62. The van der Waals surface area contributed by atoms with Crippen molar-refractivity contribution in [3.05, 3.63) is 60.9 Å². The number of carbonyl (C=O) groups excluding carboxylic acids is 2. The van der Waals surface area contributed by atoms with Gasteiger partial charge >= 0.3 is 5.97 Å². The van der Waals surface area contributed by atoms with Crippen molar-refractivity contribution in [2.75, 3.05) is 11.9 Å². The van der Waals surface area contributed by atoms with Crippen LogP contribution in [0.1, 0.15) is 41.0 Å². The van der Waals surface area contributed by atoms with Crippen LogP contribution in [0.5, 0.6) is 0 Å². The first-order chi connectivity index (χ1) is 17.2. The molecule has 188 valence electrons. The number of esters is 1. The average Bonchev–Trinajstić information content (AvgIpc) is 3.40. The van der Waals surface area contributed by atoms with Gasteiger partial charge in [0, 0.05) is 14.9 Å². The van der Waals surface area contributed by atoms with E-state index in [0.29, 0.717) is 27.4 Å². The number of aromatic nitrogens is 3. The number of aryl methyl sites for hydroxylation is 2. The second-order valence-electron chi connectivity index (χ2n) is 8.59. The molecule has 0 aliphatic heterocycles. The first-order valence-corrected chi connectivity index (χ1v) is 13.8. The smallest absolute Gasteiger partial charge is 0.350 e. The standard InChI is InChI=1S/C25H25BrN4O4S2/c1-5-17-19(15-6-8-16(26)9-7-15)20-22(35-17)27-12-30(23(20)32)10-18(31)29-25-28-14(4)21(36-25)24(33)34-11-13(2)3/h6-9,12-13H,5,10-11H2,1-4H3,(H,28,29,31). The minimum atomic E-state index is -0.463. The van der Waals surface area contributed by atoms with E-state index in [1.807, 2.05) is 45.0 Å². The van der Waals surface area contributed by atoms with E-state index in [-0.39, 0.29) is 23.2 Å². The lowest BCUT2D eigenvalue weighted by Crippen LogP contribution is -2.27. The third-order valence-electron chi connectivity index (χ3n) is 5.30. The predicted molar refractivity (Wildman–Crippen MR) is 147 cm³/mol. The highest BCUT2D eigenvalue weighted by molar-refractivity contribution is 9.10. The van der Waals surface area contributed by atoms with Gasteiger partial charge in [0.2, 0.25) is 5.91 Å². The molecule has 0 saturated carbocycles. The molecular weight excluding hydrogens is 564 g/mol. The molecule has 4 aromatic rings. The van der Waals surface area contributed by atoms with Crippen molar-refractivity contribution in [2.45, 2.75) is 40.7 Å². The van der Waals surface area contributed by atoms with Gasteiger partial charge < -0.3 is 10.1 Å². The highest BCUT2D eigenvalue weighted by Crippen LogP contribution is 2.36. The van der Waals surface area contributed by atoms with Crippen molar-refractivity contribution >= 4 is 65.8 Å². The highest BCUT2D eigenvalue weighted by Gasteiger charge is 2.21. The Kier molecular flexibility index (Phi) is 8.01. The third-order valence-corrected chi connectivity index (χ3v) is 8.12. The van der Waals surface area contributed by atoms with E-state index in [2.05, 4.69) is 31.2 Å². The van der Waals surface area contributed by atoms with Crippen molar-refractivity contribution in [1.82, 2.24) is 14.5 Å². The zero-order valence-corrected chi connectivity index (χ0v) is 23.5. The van der Waals surface area contributed by atoms with Crippen molar-refractivity contribution in [3.8, 4) is 11.1 Å². The lowest BCUT2D eigenvalue weighted by molar-refractivity contribution is -0.116. The normalized spacial score (nSPS) is 11.3. The van der Waals surface area contributed by atoms with E-state index in [0.717, 1.165) is 38.2 Å². The number of amides is 1. The zero-order chi connectivity index (χ0) is 26.0. The zero-order valence-electron chi connectivity index (χ0n) is 20.3. The van der Waals surface area contributed by atoms with E-state index in [1.54, 1.807) is 6.92 Å². The van der Waals surface area contributed by atoms with Crippen LogP contribution in [0.25, 0.3) is 21.3 Å². The summed E-state index contributed by atoms with van der Waals surface area (Å²) in [5, 5.41) is 3.47. The number of thiophene rings is 1. The summed E-state index contributed by atoms with van der Waals surface area (Å²) in [6.07, 6.45) is 2.16. The monoisotopic (exact) mass is 588 g/mol. The second-order valence-corrected chi connectivity index (χ2v) is 11.6. The molecule has 36 heavy (non-hydrogen) atoms. The van der Waals surface area contributed by atoms with Crippen LogP contribution >= 0.6 is 38.6 Å². The Balaban J connectivity index is 1.58. The lowest BCUT2D eigenvalue weighted by Gasteiger charge is -2.07. The fraction of sp³-hybridized carbons (Fsp3) is 0.320. The van der Waals surface area contributed by atoms with Gasteiger partial charge in [-0.2, -0.15) is 0 Å². The maximum absolute atomic E-state index is 13.4. The van der Waals surface area contributed by atoms with Gasteiger partial charge in [-0.3, -0.25) is 14.2 Å². The highest BCUT2D eigenvalue weighted by atomic mass is 79.9. The first kappa shape index (κ1) is 26.2. The number of hydrogen-bond acceptors (Lipinski definition) is 8. The Morgan fingerprint density at radius 1 is 1.19 bits per heavy atom. The average molecular weight is 590 g/mol. The molecule has 0 atom stereocenters. The van der Waals surface area contributed by atoms with E-state index < -0.39 is 11.9 Å². The molecule has 0 spiro atoms. The number of halogens is 1. The Morgan fingerprint density at radius 2 is 1.92 bits per heavy atom. The largest absolute Gasteiger partial charge is 0.461 e. The number of nitrogens with zero attached hydrogens (tertiary/aromatic N) is 3. The molecule has 0 fully saturated rings.